The average molecular weight is 316 g/mol. The fourth-order valence-electron chi connectivity index (χ4n) is 1.41. The quantitative estimate of drug-likeness (QED) is 0.682. The summed E-state index contributed by atoms with van der Waals surface area (Å²) in [5.41, 5.74) is 6.34. The van der Waals surface area contributed by atoms with E-state index in [1.165, 1.54) is 6.07 Å². The molecule has 0 aromatic heterocycles. The fraction of sp³-hybridized carbons (Fsp3) is 0.571. The zero-order valence-electron chi connectivity index (χ0n) is 13.1. The molecule has 1 rings (SSSR count). The van der Waals surface area contributed by atoms with Gasteiger partial charge in [0.2, 0.25) is 0 Å². The lowest BCUT2D eigenvalue weighted by Gasteiger charge is -2.36. The summed E-state index contributed by atoms with van der Waals surface area (Å²) in [6, 6.07) is 4.72. The summed E-state index contributed by atoms with van der Waals surface area (Å²) in [5.74, 6) is 0.640. The Morgan fingerprint density at radius 1 is 1.25 bits per heavy atom. The third-order valence-corrected chi connectivity index (χ3v) is 9.97. The summed E-state index contributed by atoms with van der Waals surface area (Å²) >= 11 is 0. The van der Waals surface area contributed by atoms with Crippen LogP contribution in [0.5, 0.6) is 5.75 Å². The van der Waals surface area contributed by atoms with Gasteiger partial charge in [0.25, 0.3) is 8.32 Å². The van der Waals surface area contributed by atoms with Gasteiger partial charge in [-0.2, -0.15) is 0 Å². The number of rotatable bonds is 4. The predicted molar refractivity (Wildman–Crippen MR) is 86.4 cm³/mol. The molecular weight excluding hydrogens is 290 g/mol. The molecule has 0 unspecified atom stereocenters. The molecule has 1 aromatic carbocycles. The molecule has 0 aliphatic rings. The van der Waals surface area contributed by atoms with E-state index in [4.69, 9.17) is 10.2 Å². The molecular formula is C14H25NO3SSi. The van der Waals surface area contributed by atoms with Crippen molar-refractivity contribution in [2.45, 2.75) is 50.7 Å². The van der Waals surface area contributed by atoms with Gasteiger partial charge in [-0.3, -0.25) is 0 Å². The SMILES string of the molecule is CCS(=O)(=O)c1ccc(O[Si](C)(C)C(C)(C)C)c(N)c1. The van der Waals surface area contributed by atoms with Crippen molar-refractivity contribution in [1.29, 1.82) is 0 Å². The lowest BCUT2D eigenvalue weighted by atomic mass is 10.2. The summed E-state index contributed by atoms with van der Waals surface area (Å²) in [6.07, 6.45) is 0. The number of nitrogens with two attached hydrogens (primary N) is 1. The molecule has 114 valence electrons. The van der Waals surface area contributed by atoms with Crippen LogP contribution in [-0.2, 0) is 9.84 Å². The number of anilines is 1. The van der Waals surface area contributed by atoms with Crippen molar-refractivity contribution in [2.75, 3.05) is 11.5 Å². The van der Waals surface area contributed by atoms with Gasteiger partial charge in [0, 0.05) is 0 Å². The second-order valence-corrected chi connectivity index (χ2v) is 13.5. The molecule has 0 bridgehead atoms. The number of sulfone groups is 1. The molecule has 2 N–H and O–H groups in total. The normalized spacial score (nSPS) is 13.3. The van der Waals surface area contributed by atoms with E-state index in [9.17, 15) is 8.42 Å². The largest absolute Gasteiger partial charge is 0.542 e. The zero-order valence-corrected chi connectivity index (χ0v) is 15.0. The van der Waals surface area contributed by atoms with Crippen molar-refractivity contribution in [2.24, 2.45) is 0 Å². The highest BCUT2D eigenvalue weighted by Gasteiger charge is 2.39. The Bertz CT molecular complexity index is 589. The van der Waals surface area contributed by atoms with Crippen molar-refractivity contribution < 1.29 is 12.8 Å². The lowest BCUT2D eigenvalue weighted by Crippen LogP contribution is -2.44. The van der Waals surface area contributed by atoms with Gasteiger partial charge < -0.3 is 10.2 Å². The first-order chi connectivity index (χ1) is 8.90. The second kappa shape index (κ2) is 5.41. The van der Waals surface area contributed by atoms with Gasteiger partial charge in [0.05, 0.1) is 16.3 Å². The zero-order chi connectivity index (χ0) is 15.8. The maximum atomic E-state index is 11.8. The molecule has 0 spiro atoms. The molecule has 20 heavy (non-hydrogen) atoms. The van der Waals surface area contributed by atoms with Gasteiger partial charge in [-0.25, -0.2) is 8.42 Å². The Morgan fingerprint density at radius 2 is 1.80 bits per heavy atom. The van der Waals surface area contributed by atoms with Gasteiger partial charge >= 0.3 is 0 Å². The third-order valence-electron chi connectivity index (χ3n) is 3.89. The summed E-state index contributed by atoms with van der Waals surface area (Å²) in [4.78, 5) is 0.250. The van der Waals surface area contributed by atoms with Crippen LogP contribution in [0.1, 0.15) is 27.7 Å². The Kier molecular flexibility index (Phi) is 4.61. The van der Waals surface area contributed by atoms with E-state index >= 15 is 0 Å². The van der Waals surface area contributed by atoms with Crippen LogP contribution in [0.3, 0.4) is 0 Å². The van der Waals surface area contributed by atoms with Gasteiger partial charge in [-0.15, -0.1) is 0 Å². The Morgan fingerprint density at radius 3 is 2.20 bits per heavy atom. The molecule has 0 aliphatic heterocycles. The summed E-state index contributed by atoms with van der Waals surface area (Å²) in [6.45, 7) is 12.3. The Balaban J connectivity index is 3.13. The Labute approximate surface area is 123 Å². The van der Waals surface area contributed by atoms with Crippen molar-refractivity contribution in [3.05, 3.63) is 18.2 Å². The van der Waals surface area contributed by atoms with E-state index in [1.54, 1.807) is 19.1 Å². The molecule has 0 saturated heterocycles. The second-order valence-electron chi connectivity index (χ2n) is 6.47. The monoisotopic (exact) mass is 315 g/mol. The number of hydrogen-bond donors (Lipinski definition) is 1. The predicted octanol–water partition coefficient (Wildman–Crippen LogP) is 3.45. The highest BCUT2D eigenvalue weighted by atomic mass is 32.2. The van der Waals surface area contributed by atoms with Gasteiger partial charge in [-0.05, 0) is 36.3 Å². The fourth-order valence-corrected chi connectivity index (χ4v) is 3.36. The van der Waals surface area contributed by atoms with E-state index in [1.807, 2.05) is 0 Å². The maximum absolute atomic E-state index is 11.8. The van der Waals surface area contributed by atoms with Crippen molar-refractivity contribution in [3.63, 3.8) is 0 Å². The maximum Gasteiger partial charge on any atom is 0.250 e. The molecule has 0 atom stereocenters. The first kappa shape index (κ1) is 17.0. The molecule has 0 heterocycles. The van der Waals surface area contributed by atoms with Crippen LogP contribution < -0.4 is 10.2 Å². The van der Waals surface area contributed by atoms with Crippen LogP contribution in [0.2, 0.25) is 18.1 Å². The smallest absolute Gasteiger partial charge is 0.250 e. The van der Waals surface area contributed by atoms with E-state index in [0.717, 1.165) is 0 Å². The molecule has 6 heteroatoms. The van der Waals surface area contributed by atoms with Crippen LogP contribution in [0.4, 0.5) is 5.69 Å². The molecule has 4 nitrogen and oxygen atoms in total. The highest BCUT2D eigenvalue weighted by molar-refractivity contribution is 7.91. The van der Waals surface area contributed by atoms with Gasteiger partial charge in [-0.1, -0.05) is 27.7 Å². The van der Waals surface area contributed by atoms with E-state index in [2.05, 4.69) is 33.9 Å². The van der Waals surface area contributed by atoms with Gasteiger partial charge in [0.15, 0.2) is 9.84 Å². The van der Waals surface area contributed by atoms with Crippen LogP contribution in [0, 0.1) is 0 Å². The summed E-state index contributed by atoms with van der Waals surface area (Å²) in [5, 5.41) is 0.0631. The molecule has 0 amide bonds. The molecule has 0 radical (unpaired) electrons. The van der Waals surface area contributed by atoms with Crippen LogP contribution in [0.25, 0.3) is 0 Å². The van der Waals surface area contributed by atoms with Crippen LogP contribution in [-0.4, -0.2) is 22.5 Å². The minimum Gasteiger partial charge on any atom is -0.542 e. The van der Waals surface area contributed by atoms with E-state index < -0.39 is 18.2 Å². The van der Waals surface area contributed by atoms with E-state index in [-0.39, 0.29) is 15.7 Å². The summed E-state index contributed by atoms with van der Waals surface area (Å²) in [7, 11) is -5.21. The van der Waals surface area contributed by atoms with Gasteiger partial charge in [0.1, 0.15) is 5.75 Å². The van der Waals surface area contributed by atoms with Crippen LogP contribution >= 0.6 is 0 Å². The Hall–Kier alpha value is -1.01. The minimum absolute atomic E-state index is 0.0631. The van der Waals surface area contributed by atoms with Crippen molar-refractivity contribution in [1.82, 2.24) is 0 Å². The first-order valence-corrected chi connectivity index (χ1v) is 11.3. The van der Waals surface area contributed by atoms with E-state index in [0.29, 0.717) is 11.4 Å². The molecule has 0 fully saturated rings. The molecule has 0 aliphatic carbocycles. The first-order valence-electron chi connectivity index (χ1n) is 6.72. The van der Waals surface area contributed by atoms with Crippen molar-refractivity contribution in [3.8, 4) is 5.75 Å². The van der Waals surface area contributed by atoms with Crippen LogP contribution in [0.15, 0.2) is 23.1 Å². The minimum atomic E-state index is -3.23. The van der Waals surface area contributed by atoms with Crippen molar-refractivity contribution >= 4 is 23.8 Å². The number of nitrogen functional groups attached to an aromatic ring is 1. The molecule has 1 aromatic rings. The number of hydrogen-bond acceptors (Lipinski definition) is 4. The standard InChI is InChI=1S/C14H25NO3SSi/c1-7-19(16,17)11-8-9-13(12(15)10-11)18-20(5,6)14(2,3)4/h8-10H,7,15H2,1-6H3. The topological polar surface area (TPSA) is 69.4 Å². The lowest BCUT2D eigenvalue weighted by molar-refractivity contribution is 0.493. The highest BCUT2D eigenvalue weighted by Crippen LogP contribution is 2.39. The number of benzene rings is 1. The summed E-state index contributed by atoms with van der Waals surface area (Å²) < 4.78 is 29.8. The third kappa shape index (κ3) is 3.55. The average Bonchev–Trinajstić information content (AvgIpc) is 2.30. The molecule has 0 saturated carbocycles.